The van der Waals surface area contributed by atoms with E-state index in [2.05, 4.69) is 14.9 Å². The SMILES string of the molecule is CO[C@@H]1C2CCC(c3ncc4c(Cl)nccn34)CN2C(=O)C12CC2. The highest BCUT2D eigenvalue weighted by Gasteiger charge is 2.67. The molecular formula is C17H19ClN4O2. The van der Waals surface area contributed by atoms with E-state index < -0.39 is 0 Å². The van der Waals surface area contributed by atoms with E-state index in [1.807, 2.05) is 10.6 Å². The molecule has 7 heteroatoms. The Kier molecular flexibility index (Phi) is 3.01. The van der Waals surface area contributed by atoms with Gasteiger partial charge in [0.25, 0.3) is 0 Å². The molecule has 1 aliphatic carbocycles. The normalized spacial score (nSPS) is 31.0. The fourth-order valence-electron chi connectivity index (χ4n) is 4.76. The van der Waals surface area contributed by atoms with Crippen LogP contribution in [0, 0.1) is 5.41 Å². The lowest BCUT2D eigenvalue weighted by Gasteiger charge is -2.36. The van der Waals surface area contributed by atoms with Crippen LogP contribution in [0.5, 0.6) is 0 Å². The molecule has 126 valence electrons. The van der Waals surface area contributed by atoms with Crippen molar-refractivity contribution in [3.63, 3.8) is 0 Å². The monoisotopic (exact) mass is 346 g/mol. The van der Waals surface area contributed by atoms with E-state index in [9.17, 15) is 4.79 Å². The highest BCUT2D eigenvalue weighted by molar-refractivity contribution is 6.32. The molecule has 2 saturated heterocycles. The van der Waals surface area contributed by atoms with Crippen LogP contribution >= 0.6 is 11.6 Å². The van der Waals surface area contributed by atoms with E-state index in [1.165, 1.54) is 0 Å². The van der Waals surface area contributed by atoms with Crippen molar-refractivity contribution in [2.75, 3.05) is 13.7 Å². The van der Waals surface area contributed by atoms with Crippen LogP contribution in [0.3, 0.4) is 0 Å². The lowest BCUT2D eigenvalue weighted by Crippen LogP contribution is -2.44. The number of imidazole rings is 1. The fourth-order valence-corrected chi connectivity index (χ4v) is 4.96. The van der Waals surface area contributed by atoms with Crippen molar-refractivity contribution in [1.29, 1.82) is 0 Å². The molecule has 2 unspecified atom stereocenters. The van der Waals surface area contributed by atoms with Crippen LogP contribution in [0.15, 0.2) is 18.6 Å². The number of rotatable bonds is 2. The Bertz CT molecular complexity index is 831. The van der Waals surface area contributed by atoms with Gasteiger partial charge >= 0.3 is 0 Å². The van der Waals surface area contributed by atoms with Gasteiger partial charge in [0.15, 0.2) is 5.15 Å². The van der Waals surface area contributed by atoms with Crippen LogP contribution in [0.1, 0.15) is 37.4 Å². The number of methoxy groups -OCH3 is 1. The summed E-state index contributed by atoms with van der Waals surface area (Å²) in [6.07, 6.45) is 9.30. The number of hydrogen-bond donors (Lipinski definition) is 0. The molecule has 5 rings (SSSR count). The van der Waals surface area contributed by atoms with Crippen LogP contribution < -0.4 is 0 Å². The van der Waals surface area contributed by atoms with Gasteiger partial charge < -0.3 is 9.64 Å². The predicted octanol–water partition coefficient (Wildman–Crippen LogP) is 2.27. The number of carbonyl (C=O) groups excluding carboxylic acids is 1. The third kappa shape index (κ3) is 1.78. The molecule has 0 bridgehead atoms. The molecule has 0 N–H and O–H groups in total. The zero-order valence-electron chi connectivity index (χ0n) is 13.5. The number of nitrogens with zero attached hydrogens (tertiary/aromatic N) is 4. The van der Waals surface area contributed by atoms with E-state index >= 15 is 0 Å². The maximum atomic E-state index is 12.9. The summed E-state index contributed by atoms with van der Waals surface area (Å²) in [5, 5.41) is 0.457. The summed E-state index contributed by atoms with van der Waals surface area (Å²) in [4.78, 5) is 23.7. The highest BCUT2D eigenvalue weighted by Crippen LogP contribution is 2.58. The third-order valence-corrected chi connectivity index (χ3v) is 6.35. The molecule has 3 atom stereocenters. The maximum Gasteiger partial charge on any atom is 0.231 e. The Hall–Kier alpha value is -1.66. The minimum Gasteiger partial charge on any atom is -0.378 e. The largest absolute Gasteiger partial charge is 0.378 e. The van der Waals surface area contributed by atoms with Gasteiger partial charge in [0.2, 0.25) is 5.91 Å². The molecule has 3 fully saturated rings. The third-order valence-electron chi connectivity index (χ3n) is 6.06. The first-order chi connectivity index (χ1) is 11.7. The van der Waals surface area contributed by atoms with Gasteiger partial charge in [-0.1, -0.05) is 11.6 Å². The van der Waals surface area contributed by atoms with Crippen LogP contribution in [-0.4, -0.2) is 51.0 Å². The van der Waals surface area contributed by atoms with Crippen molar-refractivity contribution in [2.45, 2.75) is 43.7 Å². The molecule has 24 heavy (non-hydrogen) atoms. The van der Waals surface area contributed by atoms with E-state index in [4.69, 9.17) is 16.3 Å². The molecule has 3 aliphatic rings. The lowest BCUT2D eigenvalue weighted by atomic mass is 9.89. The molecule has 0 radical (unpaired) electrons. The van der Waals surface area contributed by atoms with Gasteiger partial charge in [0.05, 0.1) is 23.8 Å². The van der Waals surface area contributed by atoms with Gasteiger partial charge in [0.1, 0.15) is 11.3 Å². The molecule has 4 heterocycles. The summed E-state index contributed by atoms with van der Waals surface area (Å²) < 4.78 is 7.73. The second-order valence-electron chi connectivity index (χ2n) is 7.20. The van der Waals surface area contributed by atoms with Gasteiger partial charge in [0, 0.05) is 32.0 Å². The van der Waals surface area contributed by atoms with E-state index in [1.54, 1.807) is 19.5 Å². The number of ether oxygens (including phenoxy) is 1. The Balaban J connectivity index is 1.48. The van der Waals surface area contributed by atoms with Crippen LogP contribution in [0.2, 0.25) is 5.15 Å². The highest BCUT2D eigenvalue weighted by atomic mass is 35.5. The van der Waals surface area contributed by atoms with Crippen molar-refractivity contribution in [3.8, 4) is 0 Å². The molecule has 1 amide bonds. The summed E-state index contributed by atoms with van der Waals surface area (Å²) in [6, 6.07) is 0.220. The number of hydrogen-bond acceptors (Lipinski definition) is 4. The van der Waals surface area contributed by atoms with E-state index in [0.29, 0.717) is 11.7 Å². The summed E-state index contributed by atoms with van der Waals surface area (Å²) >= 11 is 6.15. The van der Waals surface area contributed by atoms with Crippen molar-refractivity contribution in [1.82, 2.24) is 19.3 Å². The zero-order valence-corrected chi connectivity index (χ0v) is 14.2. The van der Waals surface area contributed by atoms with Crippen molar-refractivity contribution < 1.29 is 9.53 Å². The minimum atomic E-state index is -0.226. The van der Waals surface area contributed by atoms with Crippen LogP contribution in [-0.2, 0) is 9.53 Å². The smallest absolute Gasteiger partial charge is 0.231 e. The predicted molar refractivity (Wildman–Crippen MR) is 87.9 cm³/mol. The number of aromatic nitrogens is 3. The number of piperidine rings is 1. The number of carbonyl (C=O) groups is 1. The summed E-state index contributed by atoms with van der Waals surface area (Å²) in [5.74, 6) is 1.47. The Morgan fingerprint density at radius 3 is 2.92 bits per heavy atom. The average molecular weight is 347 g/mol. The van der Waals surface area contributed by atoms with E-state index in [0.717, 1.165) is 37.0 Å². The average Bonchev–Trinajstić information content (AvgIpc) is 3.20. The number of halogens is 1. The lowest BCUT2D eigenvalue weighted by molar-refractivity contribution is -0.134. The van der Waals surface area contributed by atoms with Crippen LogP contribution in [0.4, 0.5) is 0 Å². The molecule has 2 aliphatic heterocycles. The first-order valence-corrected chi connectivity index (χ1v) is 8.85. The molecule has 6 nitrogen and oxygen atoms in total. The van der Waals surface area contributed by atoms with Gasteiger partial charge in [-0.2, -0.15) is 0 Å². The zero-order chi connectivity index (χ0) is 16.5. The van der Waals surface area contributed by atoms with Crippen LogP contribution in [0.25, 0.3) is 5.52 Å². The Morgan fingerprint density at radius 2 is 2.17 bits per heavy atom. The quantitative estimate of drug-likeness (QED) is 0.837. The first-order valence-electron chi connectivity index (χ1n) is 8.47. The first kappa shape index (κ1) is 14.7. The van der Waals surface area contributed by atoms with Gasteiger partial charge in [-0.15, -0.1) is 0 Å². The molecule has 1 spiro atoms. The number of fused-ring (bicyclic) bond motifs is 2. The standard InChI is InChI=1S/C17H19ClN4O2/c1-24-13-11-3-2-10(9-22(11)16(23)17(13)4-5-17)15-20-8-12-14(18)19-6-7-21(12)15/h6-8,10-11,13H,2-5,9H2,1H3/t10?,11?,13-/m1/s1. The maximum absolute atomic E-state index is 12.9. The molecule has 2 aromatic rings. The van der Waals surface area contributed by atoms with Crippen molar-refractivity contribution >= 4 is 23.0 Å². The fraction of sp³-hybridized carbons (Fsp3) is 0.588. The van der Waals surface area contributed by atoms with Gasteiger partial charge in [-0.3, -0.25) is 9.20 Å². The molecule has 2 aromatic heterocycles. The number of amides is 1. The summed E-state index contributed by atoms with van der Waals surface area (Å²) in [5.41, 5.74) is 0.591. The minimum absolute atomic E-state index is 0.0570. The summed E-state index contributed by atoms with van der Waals surface area (Å²) in [7, 11) is 1.74. The van der Waals surface area contributed by atoms with Crippen molar-refractivity contribution in [3.05, 3.63) is 29.6 Å². The second-order valence-corrected chi connectivity index (χ2v) is 7.56. The molecule has 0 aromatic carbocycles. The second kappa shape index (κ2) is 4.92. The topological polar surface area (TPSA) is 59.7 Å². The summed E-state index contributed by atoms with van der Waals surface area (Å²) in [6.45, 7) is 0.712. The Morgan fingerprint density at radius 1 is 1.33 bits per heavy atom. The molecular weight excluding hydrogens is 328 g/mol. The van der Waals surface area contributed by atoms with Gasteiger partial charge in [-0.05, 0) is 25.7 Å². The molecule has 1 saturated carbocycles. The van der Waals surface area contributed by atoms with Gasteiger partial charge in [-0.25, -0.2) is 9.97 Å². The van der Waals surface area contributed by atoms with E-state index in [-0.39, 0.29) is 29.4 Å². The Labute approximate surface area is 144 Å². The van der Waals surface area contributed by atoms with Crippen molar-refractivity contribution in [2.24, 2.45) is 5.41 Å².